The predicted molar refractivity (Wildman–Crippen MR) is 122 cm³/mol. The molecular formula is C25H22N2O7. The molecule has 1 amide bonds. The monoisotopic (exact) mass is 462 g/mol. The average molecular weight is 462 g/mol. The summed E-state index contributed by atoms with van der Waals surface area (Å²) in [5.74, 6) is -2.62. The molecule has 0 saturated heterocycles. The van der Waals surface area contributed by atoms with Gasteiger partial charge in [0.2, 0.25) is 0 Å². The lowest BCUT2D eigenvalue weighted by molar-refractivity contribution is -0.119. The number of ether oxygens (including phenoxy) is 3. The van der Waals surface area contributed by atoms with E-state index in [0.717, 1.165) is 30.5 Å². The zero-order chi connectivity index (χ0) is 24.2. The van der Waals surface area contributed by atoms with Gasteiger partial charge in [0.05, 0.1) is 36.4 Å². The number of carbonyl (C=O) groups is 4. The fourth-order valence-corrected chi connectivity index (χ4v) is 4.02. The van der Waals surface area contributed by atoms with Gasteiger partial charge in [0.15, 0.2) is 6.61 Å². The molecule has 0 unspecified atom stereocenters. The first-order valence-electron chi connectivity index (χ1n) is 10.6. The third-order valence-electron chi connectivity index (χ3n) is 5.52. The normalized spacial score (nSPS) is 12.1. The van der Waals surface area contributed by atoms with Crippen LogP contribution in [-0.2, 0) is 31.8 Å². The van der Waals surface area contributed by atoms with Gasteiger partial charge in [0, 0.05) is 16.8 Å². The van der Waals surface area contributed by atoms with Gasteiger partial charge in [-0.15, -0.1) is 0 Å². The maximum absolute atomic E-state index is 13.0. The Morgan fingerprint density at radius 3 is 2.26 bits per heavy atom. The summed E-state index contributed by atoms with van der Waals surface area (Å²) in [5, 5.41) is 3.22. The maximum Gasteiger partial charge on any atom is 0.339 e. The zero-order valence-electron chi connectivity index (χ0n) is 18.7. The van der Waals surface area contributed by atoms with Gasteiger partial charge < -0.3 is 19.5 Å². The van der Waals surface area contributed by atoms with E-state index in [1.54, 1.807) is 0 Å². The summed E-state index contributed by atoms with van der Waals surface area (Å²) in [6, 6.07) is 11.3. The van der Waals surface area contributed by atoms with Crippen LogP contribution in [0.5, 0.6) is 0 Å². The molecule has 9 heteroatoms. The van der Waals surface area contributed by atoms with E-state index < -0.39 is 30.4 Å². The minimum absolute atomic E-state index is 0.0523. The van der Waals surface area contributed by atoms with Crippen LogP contribution < -0.4 is 5.32 Å². The van der Waals surface area contributed by atoms with Crippen molar-refractivity contribution in [2.24, 2.45) is 0 Å². The number of nitrogens with zero attached hydrogens (tertiary/aromatic N) is 1. The number of rotatable bonds is 6. The molecule has 1 heterocycles. The van der Waals surface area contributed by atoms with Gasteiger partial charge in [-0.3, -0.25) is 9.78 Å². The van der Waals surface area contributed by atoms with Crippen LogP contribution in [0.4, 0.5) is 5.69 Å². The lowest BCUT2D eigenvalue weighted by Gasteiger charge is -2.13. The van der Waals surface area contributed by atoms with E-state index in [1.807, 2.05) is 24.3 Å². The van der Waals surface area contributed by atoms with Crippen molar-refractivity contribution in [1.82, 2.24) is 4.98 Å². The number of aryl methyl sites for hydroxylation is 1. The summed E-state index contributed by atoms with van der Waals surface area (Å²) >= 11 is 0. The number of para-hydroxylation sites is 1. The molecule has 1 aliphatic carbocycles. The second-order valence-electron chi connectivity index (χ2n) is 7.69. The Kier molecular flexibility index (Phi) is 6.53. The molecule has 34 heavy (non-hydrogen) atoms. The molecule has 0 saturated carbocycles. The summed E-state index contributed by atoms with van der Waals surface area (Å²) in [4.78, 5) is 54.0. The summed E-state index contributed by atoms with van der Waals surface area (Å²) in [6.07, 6.45) is 2.42. The number of anilines is 1. The van der Waals surface area contributed by atoms with Crippen molar-refractivity contribution >= 4 is 40.4 Å². The Morgan fingerprint density at radius 1 is 0.912 bits per heavy atom. The van der Waals surface area contributed by atoms with E-state index in [4.69, 9.17) is 4.74 Å². The van der Waals surface area contributed by atoms with Gasteiger partial charge >= 0.3 is 17.9 Å². The highest BCUT2D eigenvalue weighted by atomic mass is 16.5. The zero-order valence-corrected chi connectivity index (χ0v) is 18.7. The second kappa shape index (κ2) is 9.70. The average Bonchev–Trinajstić information content (AvgIpc) is 3.32. The molecule has 0 bridgehead atoms. The number of pyridine rings is 1. The van der Waals surface area contributed by atoms with Gasteiger partial charge in [-0.05, 0) is 49.1 Å². The van der Waals surface area contributed by atoms with Gasteiger partial charge in [0.1, 0.15) is 0 Å². The third kappa shape index (κ3) is 4.59. The van der Waals surface area contributed by atoms with Gasteiger partial charge in [-0.1, -0.05) is 18.2 Å². The second-order valence-corrected chi connectivity index (χ2v) is 7.69. The van der Waals surface area contributed by atoms with E-state index in [9.17, 15) is 19.2 Å². The third-order valence-corrected chi connectivity index (χ3v) is 5.52. The highest BCUT2D eigenvalue weighted by Gasteiger charge is 2.25. The lowest BCUT2D eigenvalue weighted by atomic mass is 10.0. The Morgan fingerprint density at radius 2 is 1.59 bits per heavy atom. The van der Waals surface area contributed by atoms with Crippen LogP contribution in [0, 0.1) is 0 Å². The first kappa shape index (κ1) is 22.9. The van der Waals surface area contributed by atoms with E-state index in [-0.39, 0.29) is 16.8 Å². The number of amides is 1. The fourth-order valence-electron chi connectivity index (χ4n) is 4.02. The summed E-state index contributed by atoms with van der Waals surface area (Å²) in [5.41, 5.74) is 3.14. The Hall–Kier alpha value is -4.27. The molecule has 0 atom stereocenters. The smallest absolute Gasteiger partial charge is 0.339 e. The van der Waals surface area contributed by atoms with Crippen molar-refractivity contribution < 1.29 is 33.4 Å². The number of benzene rings is 2. The highest BCUT2D eigenvalue weighted by Crippen LogP contribution is 2.30. The van der Waals surface area contributed by atoms with Crippen molar-refractivity contribution in [3.63, 3.8) is 0 Å². The molecule has 1 aliphatic rings. The highest BCUT2D eigenvalue weighted by molar-refractivity contribution is 6.06. The van der Waals surface area contributed by atoms with E-state index >= 15 is 0 Å². The van der Waals surface area contributed by atoms with Crippen molar-refractivity contribution in [2.75, 3.05) is 26.1 Å². The molecular weight excluding hydrogens is 440 g/mol. The van der Waals surface area contributed by atoms with Crippen molar-refractivity contribution in [1.29, 1.82) is 0 Å². The minimum Gasteiger partial charge on any atom is -0.465 e. The molecule has 0 aliphatic heterocycles. The predicted octanol–water partition coefficient (Wildman–Crippen LogP) is 3.09. The van der Waals surface area contributed by atoms with Gasteiger partial charge in [-0.2, -0.15) is 0 Å². The molecule has 1 N–H and O–H groups in total. The number of aromatic nitrogens is 1. The summed E-state index contributed by atoms with van der Waals surface area (Å²) in [6.45, 7) is -0.555. The van der Waals surface area contributed by atoms with Crippen LogP contribution in [0.25, 0.3) is 10.9 Å². The molecule has 3 aromatic rings. The topological polar surface area (TPSA) is 121 Å². The molecule has 4 rings (SSSR count). The fraction of sp³-hybridized carbons (Fsp3) is 0.240. The SMILES string of the molecule is COC(=O)c1cc(NC(=O)COC(=O)c2c3c(nc4ccccc24)CCC3)cc(C(=O)OC)c1. The number of fused-ring (bicyclic) bond motifs is 2. The Labute approximate surface area is 195 Å². The molecule has 0 spiro atoms. The van der Waals surface area contributed by atoms with Crippen LogP contribution >= 0.6 is 0 Å². The van der Waals surface area contributed by atoms with Crippen LogP contribution in [0.1, 0.15) is 48.8 Å². The molecule has 9 nitrogen and oxygen atoms in total. The van der Waals surface area contributed by atoms with Gasteiger partial charge in [-0.25, -0.2) is 14.4 Å². The molecule has 174 valence electrons. The van der Waals surface area contributed by atoms with Crippen LogP contribution in [0.2, 0.25) is 0 Å². The Bertz CT molecular complexity index is 1280. The molecule has 1 aromatic heterocycles. The maximum atomic E-state index is 13.0. The number of methoxy groups -OCH3 is 2. The van der Waals surface area contributed by atoms with Crippen molar-refractivity contribution in [3.05, 3.63) is 70.4 Å². The van der Waals surface area contributed by atoms with Crippen molar-refractivity contribution in [3.8, 4) is 0 Å². The first-order chi connectivity index (χ1) is 16.4. The number of hydrogen-bond acceptors (Lipinski definition) is 8. The minimum atomic E-state index is -0.689. The number of nitrogens with one attached hydrogen (secondary N) is 1. The van der Waals surface area contributed by atoms with Crippen molar-refractivity contribution in [2.45, 2.75) is 19.3 Å². The van der Waals surface area contributed by atoms with E-state index in [2.05, 4.69) is 19.8 Å². The van der Waals surface area contributed by atoms with E-state index in [1.165, 1.54) is 32.4 Å². The van der Waals surface area contributed by atoms with Crippen LogP contribution in [-0.4, -0.2) is 49.6 Å². The molecule has 2 aromatic carbocycles. The van der Waals surface area contributed by atoms with Crippen LogP contribution in [0.15, 0.2) is 42.5 Å². The standard InChI is InChI=1S/C25H22N2O7/c1-32-23(29)14-10-15(24(30)33-2)12-16(11-14)26-21(28)13-34-25(31)22-17-6-3-4-8-19(17)27-20-9-5-7-18(20)22/h3-4,6,8,10-12H,5,7,9,13H2,1-2H3,(H,26,28). The Balaban J connectivity index is 1.52. The molecule has 0 radical (unpaired) electrons. The summed E-state index contributed by atoms with van der Waals surface area (Å²) in [7, 11) is 2.40. The number of hydrogen-bond donors (Lipinski definition) is 1. The summed E-state index contributed by atoms with van der Waals surface area (Å²) < 4.78 is 14.7. The van der Waals surface area contributed by atoms with Crippen LogP contribution in [0.3, 0.4) is 0 Å². The lowest BCUT2D eigenvalue weighted by Crippen LogP contribution is -2.22. The first-order valence-corrected chi connectivity index (χ1v) is 10.6. The van der Waals surface area contributed by atoms with E-state index in [0.29, 0.717) is 16.5 Å². The number of esters is 3. The van der Waals surface area contributed by atoms with Gasteiger partial charge in [0.25, 0.3) is 5.91 Å². The quantitative estimate of drug-likeness (QED) is 0.438. The number of carbonyl (C=O) groups excluding carboxylic acids is 4. The molecule has 0 fully saturated rings. The largest absolute Gasteiger partial charge is 0.465 e.